The Morgan fingerprint density at radius 1 is 1.16 bits per heavy atom. The summed E-state index contributed by atoms with van der Waals surface area (Å²) in [6.45, 7) is 2.72. The number of carbonyl (C=O) groups is 1. The quantitative estimate of drug-likeness (QED) is 0.739. The van der Waals surface area contributed by atoms with E-state index in [1.54, 1.807) is 10.9 Å². The number of carbonyl (C=O) groups excluding carboxylic acids is 1. The van der Waals surface area contributed by atoms with Gasteiger partial charge in [-0.05, 0) is 31.9 Å². The van der Waals surface area contributed by atoms with Gasteiger partial charge in [-0.2, -0.15) is 10.2 Å². The van der Waals surface area contributed by atoms with Gasteiger partial charge >= 0.3 is 0 Å². The van der Waals surface area contributed by atoms with Crippen LogP contribution in [0.25, 0.3) is 5.69 Å². The van der Waals surface area contributed by atoms with Gasteiger partial charge in [-0.1, -0.05) is 18.2 Å². The van der Waals surface area contributed by atoms with Crippen LogP contribution in [0, 0.1) is 6.92 Å². The lowest BCUT2D eigenvalue weighted by molar-refractivity contribution is 0.0735. The third-order valence-electron chi connectivity index (χ3n) is 4.86. The molecule has 6 heteroatoms. The Morgan fingerprint density at radius 2 is 1.96 bits per heavy atom. The molecule has 3 heterocycles. The molecule has 128 valence electrons. The van der Waals surface area contributed by atoms with Gasteiger partial charge in [-0.3, -0.25) is 9.48 Å². The van der Waals surface area contributed by atoms with Crippen LogP contribution in [0.1, 0.15) is 40.5 Å². The molecule has 0 saturated carbocycles. The van der Waals surface area contributed by atoms with E-state index < -0.39 is 0 Å². The molecule has 1 saturated heterocycles. The summed E-state index contributed by atoms with van der Waals surface area (Å²) in [5, 5.41) is 8.68. The Hall–Kier alpha value is -2.89. The molecule has 4 rings (SSSR count). The summed E-state index contributed by atoms with van der Waals surface area (Å²) in [7, 11) is 1.90. The van der Waals surface area contributed by atoms with Gasteiger partial charge in [0, 0.05) is 25.4 Å². The summed E-state index contributed by atoms with van der Waals surface area (Å²) < 4.78 is 3.61. The summed E-state index contributed by atoms with van der Waals surface area (Å²) in [5.74, 6) is 0.0473. The van der Waals surface area contributed by atoms with Gasteiger partial charge in [0.25, 0.3) is 5.91 Å². The number of hydrogen-bond acceptors (Lipinski definition) is 3. The van der Waals surface area contributed by atoms with Crippen molar-refractivity contribution in [3.05, 3.63) is 65.7 Å². The molecule has 0 bridgehead atoms. The molecule has 1 fully saturated rings. The maximum atomic E-state index is 13.1. The van der Waals surface area contributed by atoms with Gasteiger partial charge < -0.3 is 4.90 Å². The second-order valence-corrected chi connectivity index (χ2v) is 6.49. The van der Waals surface area contributed by atoms with Crippen LogP contribution >= 0.6 is 0 Å². The lowest BCUT2D eigenvalue weighted by atomic mass is 10.1. The minimum absolute atomic E-state index is 0.0473. The van der Waals surface area contributed by atoms with Crippen molar-refractivity contribution in [1.29, 1.82) is 0 Å². The highest BCUT2D eigenvalue weighted by Crippen LogP contribution is 2.33. The Bertz CT molecular complexity index is 896. The van der Waals surface area contributed by atoms with Gasteiger partial charge in [0.05, 0.1) is 35.4 Å². The summed E-state index contributed by atoms with van der Waals surface area (Å²) in [6.07, 6.45) is 7.52. The van der Waals surface area contributed by atoms with Crippen molar-refractivity contribution in [2.24, 2.45) is 7.05 Å². The molecule has 1 aliphatic heterocycles. The summed E-state index contributed by atoms with van der Waals surface area (Å²) in [4.78, 5) is 15.1. The molecule has 1 aromatic carbocycles. The molecular weight excluding hydrogens is 314 g/mol. The predicted octanol–water partition coefficient (Wildman–Crippen LogP) is 2.89. The first-order chi connectivity index (χ1) is 12.1. The van der Waals surface area contributed by atoms with Gasteiger partial charge in [0.2, 0.25) is 0 Å². The molecule has 2 aromatic heterocycles. The maximum Gasteiger partial charge on any atom is 0.257 e. The standard InChI is InChI=1S/C19H21N5O/c1-14-17(12-21-24(14)16-7-4-3-5-8-16)19(25)23-10-6-9-18(23)15-11-20-22(2)13-15/h3-5,7-8,11-13,18H,6,9-10H2,1-2H3/t18-/m0/s1. The van der Waals surface area contributed by atoms with Gasteiger partial charge in [-0.15, -0.1) is 0 Å². The zero-order valence-electron chi connectivity index (χ0n) is 14.5. The van der Waals surface area contributed by atoms with E-state index in [1.165, 1.54) is 0 Å². The summed E-state index contributed by atoms with van der Waals surface area (Å²) >= 11 is 0. The number of benzene rings is 1. The maximum absolute atomic E-state index is 13.1. The van der Waals surface area contributed by atoms with Crippen molar-refractivity contribution in [2.45, 2.75) is 25.8 Å². The van der Waals surface area contributed by atoms with Crippen LogP contribution in [0.5, 0.6) is 0 Å². The van der Waals surface area contributed by atoms with E-state index in [1.807, 2.05) is 66.3 Å². The summed E-state index contributed by atoms with van der Waals surface area (Å²) in [6, 6.07) is 9.98. The van der Waals surface area contributed by atoms with Crippen molar-refractivity contribution in [3.63, 3.8) is 0 Å². The highest BCUT2D eigenvalue weighted by atomic mass is 16.2. The van der Waals surface area contributed by atoms with E-state index in [9.17, 15) is 4.79 Å². The third kappa shape index (κ3) is 2.73. The van der Waals surface area contributed by atoms with E-state index in [2.05, 4.69) is 10.2 Å². The van der Waals surface area contributed by atoms with Crippen molar-refractivity contribution in [3.8, 4) is 5.69 Å². The van der Waals surface area contributed by atoms with Gasteiger partial charge in [0.15, 0.2) is 0 Å². The average Bonchev–Trinajstić information content (AvgIpc) is 3.34. The topological polar surface area (TPSA) is 56.0 Å². The second-order valence-electron chi connectivity index (χ2n) is 6.49. The van der Waals surface area contributed by atoms with Gasteiger partial charge in [0.1, 0.15) is 0 Å². The summed E-state index contributed by atoms with van der Waals surface area (Å²) in [5.41, 5.74) is 3.60. The van der Waals surface area contributed by atoms with E-state index in [-0.39, 0.29) is 11.9 Å². The SMILES string of the molecule is Cc1c(C(=O)N2CCC[C@H]2c2cnn(C)c2)cnn1-c1ccccc1. The number of hydrogen-bond donors (Lipinski definition) is 0. The second kappa shape index (κ2) is 6.20. The first-order valence-electron chi connectivity index (χ1n) is 8.54. The Kier molecular flexibility index (Phi) is 3.87. The van der Waals surface area contributed by atoms with Crippen LogP contribution in [-0.4, -0.2) is 36.9 Å². The first-order valence-corrected chi connectivity index (χ1v) is 8.54. The Labute approximate surface area is 146 Å². The van der Waals surface area contributed by atoms with Crippen molar-refractivity contribution >= 4 is 5.91 Å². The smallest absolute Gasteiger partial charge is 0.257 e. The van der Waals surface area contributed by atoms with E-state index in [0.717, 1.165) is 36.3 Å². The lowest BCUT2D eigenvalue weighted by Gasteiger charge is -2.23. The van der Waals surface area contributed by atoms with E-state index in [0.29, 0.717) is 5.56 Å². The Morgan fingerprint density at radius 3 is 2.68 bits per heavy atom. The van der Waals surface area contributed by atoms with Crippen LogP contribution in [0.15, 0.2) is 48.9 Å². The molecule has 1 aliphatic rings. The molecule has 1 atom stereocenters. The van der Waals surface area contributed by atoms with Crippen LogP contribution in [0.4, 0.5) is 0 Å². The zero-order valence-corrected chi connectivity index (χ0v) is 14.5. The minimum atomic E-state index is 0.0473. The molecule has 0 radical (unpaired) electrons. The molecule has 0 aliphatic carbocycles. The van der Waals surface area contributed by atoms with Crippen LogP contribution in [0.2, 0.25) is 0 Å². The number of amides is 1. The molecule has 25 heavy (non-hydrogen) atoms. The fourth-order valence-corrected chi connectivity index (χ4v) is 3.57. The van der Waals surface area contributed by atoms with E-state index >= 15 is 0 Å². The molecular formula is C19H21N5O. The van der Waals surface area contributed by atoms with Crippen molar-refractivity contribution in [1.82, 2.24) is 24.5 Å². The van der Waals surface area contributed by atoms with Crippen LogP contribution < -0.4 is 0 Å². The minimum Gasteiger partial charge on any atom is -0.331 e. The molecule has 0 N–H and O–H groups in total. The number of likely N-dealkylation sites (tertiary alicyclic amines) is 1. The number of nitrogens with zero attached hydrogens (tertiary/aromatic N) is 5. The zero-order chi connectivity index (χ0) is 17.4. The number of rotatable bonds is 3. The van der Waals surface area contributed by atoms with Crippen LogP contribution in [0.3, 0.4) is 0 Å². The lowest BCUT2D eigenvalue weighted by Crippen LogP contribution is -2.30. The molecule has 3 aromatic rings. The largest absolute Gasteiger partial charge is 0.331 e. The van der Waals surface area contributed by atoms with Crippen molar-refractivity contribution < 1.29 is 4.79 Å². The normalized spacial score (nSPS) is 17.2. The Balaban J connectivity index is 1.64. The predicted molar refractivity (Wildman–Crippen MR) is 94.5 cm³/mol. The fraction of sp³-hybridized carbons (Fsp3) is 0.316. The number of para-hydroxylation sites is 1. The molecule has 6 nitrogen and oxygen atoms in total. The van der Waals surface area contributed by atoms with Crippen LogP contribution in [-0.2, 0) is 7.05 Å². The molecule has 1 amide bonds. The number of aryl methyl sites for hydroxylation is 1. The average molecular weight is 335 g/mol. The first kappa shape index (κ1) is 15.6. The van der Waals surface area contributed by atoms with Gasteiger partial charge in [-0.25, -0.2) is 4.68 Å². The highest BCUT2D eigenvalue weighted by molar-refractivity contribution is 5.95. The third-order valence-corrected chi connectivity index (χ3v) is 4.86. The van der Waals surface area contributed by atoms with E-state index in [4.69, 9.17) is 0 Å². The molecule has 0 spiro atoms. The number of aromatic nitrogens is 4. The van der Waals surface area contributed by atoms with Crippen molar-refractivity contribution in [2.75, 3.05) is 6.54 Å². The highest BCUT2D eigenvalue weighted by Gasteiger charge is 2.32. The molecule has 0 unspecified atom stereocenters. The monoisotopic (exact) mass is 335 g/mol. The fourth-order valence-electron chi connectivity index (χ4n) is 3.57.